The molecule has 1 aromatic rings. The maximum atomic E-state index is 5.28. The summed E-state index contributed by atoms with van der Waals surface area (Å²) in [6, 6.07) is 9.52. The average Bonchev–Trinajstić information content (AvgIpc) is 2.62. The normalized spacial score (nSPS) is 31.8. The standard InChI is InChI=1S/C21H32N2O/c1-24-20-10-8-17(9-11-20)14-22-15-18-6-5-7-19(16-22)21(18)23-12-3-2-4-13-23/h8-11,18-19,21H,2-7,12-16H2,1H3/t18-,19+,21?. The number of likely N-dealkylation sites (tertiary alicyclic amines) is 2. The first kappa shape index (κ1) is 16.4. The van der Waals surface area contributed by atoms with Crippen molar-refractivity contribution in [3.63, 3.8) is 0 Å². The summed E-state index contributed by atoms with van der Waals surface area (Å²) in [6.45, 7) is 6.41. The first-order valence-electron chi connectivity index (χ1n) is 9.93. The van der Waals surface area contributed by atoms with Gasteiger partial charge in [-0.15, -0.1) is 0 Å². The molecule has 2 bridgehead atoms. The zero-order valence-corrected chi connectivity index (χ0v) is 15.1. The van der Waals surface area contributed by atoms with Crippen molar-refractivity contribution >= 4 is 0 Å². The van der Waals surface area contributed by atoms with E-state index in [1.807, 2.05) is 0 Å². The maximum absolute atomic E-state index is 5.28. The van der Waals surface area contributed by atoms with Crippen LogP contribution in [0.15, 0.2) is 24.3 Å². The van der Waals surface area contributed by atoms with Crippen molar-refractivity contribution < 1.29 is 4.74 Å². The molecule has 0 spiro atoms. The minimum atomic E-state index is 0.881. The first-order valence-corrected chi connectivity index (χ1v) is 9.93. The Balaban J connectivity index is 1.41. The van der Waals surface area contributed by atoms with E-state index in [4.69, 9.17) is 4.74 Å². The number of fused-ring (bicyclic) bond motifs is 2. The third-order valence-corrected chi connectivity index (χ3v) is 6.48. The van der Waals surface area contributed by atoms with E-state index in [0.29, 0.717) is 0 Å². The Labute approximate surface area is 147 Å². The molecular formula is C21H32N2O. The highest BCUT2D eigenvalue weighted by molar-refractivity contribution is 5.27. The molecule has 1 aromatic carbocycles. The summed E-state index contributed by atoms with van der Waals surface area (Å²) in [7, 11) is 1.74. The van der Waals surface area contributed by atoms with Crippen LogP contribution >= 0.6 is 0 Å². The van der Waals surface area contributed by atoms with E-state index in [9.17, 15) is 0 Å². The van der Waals surface area contributed by atoms with Gasteiger partial charge < -0.3 is 4.74 Å². The summed E-state index contributed by atoms with van der Waals surface area (Å²) < 4.78 is 5.28. The summed E-state index contributed by atoms with van der Waals surface area (Å²) in [5.41, 5.74) is 1.42. The Hall–Kier alpha value is -1.06. The van der Waals surface area contributed by atoms with Crippen LogP contribution in [0.3, 0.4) is 0 Å². The fourth-order valence-corrected chi connectivity index (χ4v) is 5.44. The molecule has 0 radical (unpaired) electrons. The van der Waals surface area contributed by atoms with Gasteiger partial charge in [-0.3, -0.25) is 9.80 Å². The van der Waals surface area contributed by atoms with Crippen LogP contribution in [-0.4, -0.2) is 49.1 Å². The molecule has 1 saturated carbocycles. The lowest BCUT2D eigenvalue weighted by atomic mass is 9.72. The van der Waals surface area contributed by atoms with Crippen molar-refractivity contribution in [2.45, 2.75) is 51.1 Å². The predicted molar refractivity (Wildman–Crippen MR) is 98.3 cm³/mol. The lowest BCUT2D eigenvalue weighted by Crippen LogP contribution is -2.58. The number of ether oxygens (including phenoxy) is 1. The van der Waals surface area contributed by atoms with Gasteiger partial charge >= 0.3 is 0 Å². The second-order valence-corrected chi connectivity index (χ2v) is 8.08. The second kappa shape index (κ2) is 7.45. The lowest BCUT2D eigenvalue weighted by Gasteiger charge is -2.52. The van der Waals surface area contributed by atoms with Gasteiger partial charge in [0, 0.05) is 25.7 Å². The van der Waals surface area contributed by atoms with E-state index in [0.717, 1.165) is 30.2 Å². The van der Waals surface area contributed by atoms with Crippen LogP contribution in [0.25, 0.3) is 0 Å². The molecule has 2 aliphatic heterocycles. The number of benzene rings is 1. The average molecular weight is 329 g/mol. The second-order valence-electron chi connectivity index (χ2n) is 8.08. The SMILES string of the molecule is COc1ccc(CN2C[C@H]3CCC[C@@H](C2)C3N2CCCCC2)cc1. The summed E-state index contributed by atoms with van der Waals surface area (Å²) in [4.78, 5) is 5.58. The molecule has 2 saturated heterocycles. The van der Waals surface area contributed by atoms with E-state index in [1.165, 1.54) is 70.3 Å². The third kappa shape index (κ3) is 3.48. The van der Waals surface area contributed by atoms with Crippen molar-refractivity contribution in [2.75, 3.05) is 33.3 Å². The molecule has 132 valence electrons. The quantitative estimate of drug-likeness (QED) is 0.836. The topological polar surface area (TPSA) is 15.7 Å². The predicted octanol–water partition coefficient (Wildman–Crippen LogP) is 3.78. The molecule has 0 aromatic heterocycles. The van der Waals surface area contributed by atoms with Crippen LogP contribution in [0.4, 0.5) is 0 Å². The van der Waals surface area contributed by atoms with Gasteiger partial charge in [-0.1, -0.05) is 25.0 Å². The number of methoxy groups -OCH3 is 1. The lowest BCUT2D eigenvalue weighted by molar-refractivity contribution is -0.0290. The highest BCUT2D eigenvalue weighted by Gasteiger charge is 2.42. The molecule has 3 aliphatic rings. The minimum Gasteiger partial charge on any atom is -0.497 e. The summed E-state index contributed by atoms with van der Waals surface area (Å²) in [5.74, 6) is 2.75. The highest BCUT2D eigenvalue weighted by Crippen LogP contribution is 2.39. The zero-order chi connectivity index (χ0) is 16.4. The largest absolute Gasteiger partial charge is 0.497 e. The van der Waals surface area contributed by atoms with Crippen LogP contribution in [-0.2, 0) is 6.54 Å². The van der Waals surface area contributed by atoms with Crippen LogP contribution in [0.5, 0.6) is 5.75 Å². The van der Waals surface area contributed by atoms with Crippen LogP contribution < -0.4 is 4.74 Å². The van der Waals surface area contributed by atoms with E-state index < -0.39 is 0 Å². The molecule has 1 unspecified atom stereocenters. The van der Waals surface area contributed by atoms with Crippen LogP contribution in [0.2, 0.25) is 0 Å². The first-order chi connectivity index (χ1) is 11.8. The zero-order valence-electron chi connectivity index (χ0n) is 15.1. The minimum absolute atomic E-state index is 0.881. The molecule has 0 amide bonds. The van der Waals surface area contributed by atoms with Crippen molar-refractivity contribution in [3.8, 4) is 5.75 Å². The summed E-state index contributed by atoms with van der Waals surface area (Å²) >= 11 is 0. The number of rotatable bonds is 4. The maximum Gasteiger partial charge on any atom is 0.118 e. The van der Waals surface area contributed by atoms with Crippen molar-refractivity contribution in [1.29, 1.82) is 0 Å². The van der Waals surface area contributed by atoms with Crippen molar-refractivity contribution in [1.82, 2.24) is 9.80 Å². The Kier molecular flexibility index (Phi) is 5.09. The van der Waals surface area contributed by atoms with Crippen LogP contribution in [0.1, 0.15) is 44.1 Å². The third-order valence-electron chi connectivity index (χ3n) is 6.48. The van der Waals surface area contributed by atoms with Crippen molar-refractivity contribution in [3.05, 3.63) is 29.8 Å². The molecule has 2 heterocycles. The van der Waals surface area contributed by atoms with Gasteiger partial charge in [0.05, 0.1) is 7.11 Å². The molecule has 3 nitrogen and oxygen atoms in total. The Morgan fingerprint density at radius 3 is 2.21 bits per heavy atom. The van der Waals surface area contributed by atoms with Crippen LogP contribution in [0, 0.1) is 11.8 Å². The Bertz CT molecular complexity index is 509. The number of hydrogen-bond donors (Lipinski definition) is 0. The molecule has 1 aliphatic carbocycles. The van der Waals surface area contributed by atoms with Gasteiger partial charge in [0.1, 0.15) is 5.75 Å². The van der Waals surface area contributed by atoms with Crippen molar-refractivity contribution in [2.24, 2.45) is 11.8 Å². The molecule has 3 heteroatoms. The Morgan fingerprint density at radius 1 is 0.917 bits per heavy atom. The fraction of sp³-hybridized carbons (Fsp3) is 0.714. The van der Waals surface area contributed by atoms with Gasteiger partial charge in [-0.2, -0.15) is 0 Å². The van der Waals surface area contributed by atoms with E-state index in [-0.39, 0.29) is 0 Å². The molecule has 4 rings (SSSR count). The summed E-state index contributed by atoms with van der Waals surface area (Å²) in [6.07, 6.45) is 8.63. The number of piperidine rings is 2. The molecular weight excluding hydrogens is 296 g/mol. The van der Waals surface area contributed by atoms with Gasteiger partial charge in [0.2, 0.25) is 0 Å². The molecule has 0 N–H and O–H groups in total. The highest BCUT2D eigenvalue weighted by atomic mass is 16.5. The monoisotopic (exact) mass is 328 g/mol. The molecule has 3 fully saturated rings. The molecule has 24 heavy (non-hydrogen) atoms. The van der Waals surface area contributed by atoms with Gasteiger partial charge in [-0.25, -0.2) is 0 Å². The summed E-state index contributed by atoms with van der Waals surface area (Å²) in [5, 5.41) is 0. The Morgan fingerprint density at radius 2 is 1.58 bits per heavy atom. The van der Waals surface area contributed by atoms with Gasteiger partial charge in [-0.05, 0) is 68.3 Å². The van der Waals surface area contributed by atoms with E-state index in [1.54, 1.807) is 7.11 Å². The van der Waals surface area contributed by atoms with E-state index >= 15 is 0 Å². The number of nitrogens with zero attached hydrogens (tertiary/aromatic N) is 2. The van der Waals surface area contributed by atoms with E-state index in [2.05, 4.69) is 34.1 Å². The van der Waals surface area contributed by atoms with Gasteiger partial charge in [0.25, 0.3) is 0 Å². The fourth-order valence-electron chi connectivity index (χ4n) is 5.44. The smallest absolute Gasteiger partial charge is 0.118 e. The van der Waals surface area contributed by atoms with Gasteiger partial charge in [0.15, 0.2) is 0 Å². The number of hydrogen-bond acceptors (Lipinski definition) is 3. The molecule has 3 atom stereocenters.